The molecule has 0 unspecified atom stereocenters. The molecule has 4 heteroatoms. The van der Waals surface area contributed by atoms with Crippen molar-refractivity contribution >= 4 is 11.6 Å². The second kappa shape index (κ2) is 5.66. The van der Waals surface area contributed by atoms with E-state index < -0.39 is 0 Å². The number of methoxy groups -OCH3 is 1. The van der Waals surface area contributed by atoms with Gasteiger partial charge in [-0.15, -0.1) is 0 Å². The second-order valence-corrected chi connectivity index (χ2v) is 7.61. The number of hydrogen-bond acceptors (Lipinski definition) is 3. The highest BCUT2D eigenvalue weighted by atomic mass is 16.5. The van der Waals surface area contributed by atoms with Crippen LogP contribution in [0.2, 0.25) is 0 Å². The molecule has 0 aliphatic heterocycles. The Morgan fingerprint density at radius 1 is 1.30 bits per heavy atom. The number of hydrogen-bond donors (Lipinski definition) is 1. The minimum Gasteiger partial charge on any atom is -0.497 e. The number of nitrogens with one attached hydrogen (secondary N) is 1. The fourth-order valence-electron chi connectivity index (χ4n) is 4.20. The van der Waals surface area contributed by atoms with Gasteiger partial charge in [-0.05, 0) is 48.3 Å². The summed E-state index contributed by atoms with van der Waals surface area (Å²) >= 11 is 0. The summed E-state index contributed by atoms with van der Waals surface area (Å²) in [6.07, 6.45) is 3.82. The minimum atomic E-state index is -0.0631. The number of carbonyl (C=O) groups is 1. The first kappa shape index (κ1) is 16.0. The number of hydrazone groups is 1. The molecule has 0 saturated heterocycles. The second-order valence-electron chi connectivity index (χ2n) is 7.61. The van der Waals surface area contributed by atoms with Crippen molar-refractivity contribution in [3.63, 3.8) is 0 Å². The summed E-state index contributed by atoms with van der Waals surface area (Å²) in [7, 11) is 1.63. The Balaban J connectivity index is 1.63. The van der Waals surface area contributed by atoms with Crippen molar-refractivity contribution in [2.75, 3.05) is 7.11 Å². The molecule has 124 valence electrons. The lowest BCUT2D eigenvalue weighted by Crippen LogP contribution is -2.34. The van der Waals surface area contributed by atoms with Crippen molar-refractivity contribution in [2.24, 2.45) is 21.8 Å². The fourth-order valence-corrected chi connectivity index (χ4v) is 4.20. The molecule has 0 spiro atoms. The van der Waals surface area contributed by atoms with Gasteiger partial charge in [0.1, 0.15) is 5.75 Å². The van der Waals surface area contributed by atoms with Gasteiger partial charge < -0.3 is 4.74 Å². The van der Waals surface area contributed by atoms with E-state index in [2.05, 4.69) is 31.3 Å². The third-order valence-electron chi connectivity index (χ3n) is 6.35. The third-order valence-corrected chi connectivity index (χ3v) is 6.35. The van der Waals surface area contributed by atoms with Crippen LogP contribution in [-0.2, 0) is 11.2 Å². The molecule has 1 aromatic carbocycles. The van der Waals surface area contributed by atoms with Gasteiger partial charge in [-0.2, -0.15) is 5.10 Å². The van der Waals surface area contributed by atoms with Gasteiger partial charge in [-0.3, -0.25) is 4.79 Å². The maximum Gasteiger partial charge on any atom is 0.244 e. The molecular weight excluding hydrogens is 288 g/mol. The van der Waals surface area contributed by atoms with Crippen LogP contribution in [0.5, 0.6) is 5.75 Å². The first-order valence-corrected chi connectivity index (χ1v) is 8.35. The lowest BCUT2D eigenvalue weighted by molar-refractivity contribution is -0.120. The molecule has 2 fully saturated rings. The van der Waals surface area contributed by atoms with Crippen LogP contribution in [0.3, 0.4) is 0 Å². The summed E-state index contributed by atoms with van der Waals surface area (Å²) in [5.74, 6) is 1.43. The van der Waals surface area contributed by atoms with Crippen LogP contribution in [0.25, 0.3) is 0 Å². The van der Waals surface area contributed by atoms with E-state index in [1.165, 1.54) is 18.6 Å². The third kappa shape index (κ3) is 2.64. The number of ether oxygens (including phenoxy) is 1. The van der Waals surface area contributed by atoms with Crippen molar-refractivity contribution in [2.45, 2.75) is 46.5 Å². The lowest BCUT2D eigenvalue weighted by Gasteiger charge is -2.34. The minimum absolute atomic E-state index is 0.0631. The van der Waals surface area contributed by atoms with Gasteiger partial charge in [0.2, 0.25) is 5.91 Å². The highest BCUT2D eigenvalue weighted by Crippen LogP contribution is 2.63. The van der Waals surface area contributed by atoms with E-state index in [4.69, 9.17) is 4.74 Å². The van der Waals surface area contributed by atoms with Crippen LogP contribution >= 0.6 is 0 Å². The number of carbonyl (C=O) groups excluding carboxylic acids is 1. The first-order chi connectivity index (χ1) is 10.9. The highest BCUT2D eigenvalue weighted by molar-refractivity contribution is 5.95. The summed E-state index contributed by atoms with van der Waals surface area (Å²) in [6, 6.07) is 7.56. The molecule has 2 aliphatic carbocycles. The zero-order valence-electron chi connectivity index (χ0n) is 14.5. The fraction of sp³-hybridized carbons (Fsp3) is 0.579. The SMILES string of the molecule is COc1ccc(CC(=O)N/N=C2/C[C@@H]3CC[C@]2(C)C3(C)C)cc1. The van der Waals surface area contributed by atoms with E-state index >= 15 is 0 Å². The zero-order valence-corrected chi connectivity index (χ0v) is 14.5. The average Bonchev–Trinajstić information content (AvgIpc) is 2.86. The number of nitrogens with zero attached hydrogens (tertiary/aromatic N) is 1. The molecule has 3 rings (SSSR count). The van der Waals surface area contributed by atoms with Crippen LogP contribution in [0.15, 0.2) is 29.4 Å². The molecular formula is C19H26N2O2. The highest BCUT2D eigenvalue weighted by Gasteiger charge is 2.59. The van der Waals surface area contributed by atoms with Crippen molar-refractivity contribution in [1.82, 2.24) is 5.43 Å². The predicted molar refractivity (Wildman–Crippen MR) is 91.5 cm³/mol. The number of rotatable bonds is 4. The molecule has 2 saturated carbocycles. The standard InChI is InChI=1S/C19H26N2O2/c1-18(2)14-9-10-19(18,3)16(12-14)20-21-17(22)11-13-5-7-15(23-4)8-6-13/h5-8,14H,9-12H2,1-4H3,(H,21,22)/b20-16-/t14-,19-/m0/s1. The molecule has 0 aromatic heterocycles. The smallest absolute Gasteiger partial charge is 0.244 e. The van der Waals surface area contributed by atoms with Gasteiger partial charge in [-0.25, -0.2) is 5.43 Å². The summed E-state index contributed by atoms with van der Waals surface area (Å²) in [4.78, 5) is 12.1. The van der Waals surface area contributed by atoms with Crippen LogP contribution in [0.1, 0.15) is 45.6 Å². The quantitative estimate of drug-likeness (QED) is 0.864. The van der Waals surface area contributed by atoms with Crippen LogP contribution < -0.4 is 10.2 Å². The molecule has 2 bridgehead atoms. The molecule has 2 aliphatic rings. The number of fused-ring (bicyclic) bond motifs is 2. The monoisotopic (exact) mass is 314 g/mol. The summed E-state index contributed by atoms with van der Waals surface area (Å²) in [5.41, 5.74) is 5.31. The Morgan fingerprint density at radius 3 is 2.52 bits per heavy atom. The molecule has 0 radical (unpaired) electrons. The first-order valence-electron chi connectivity index (χ1n) is 8.35. The Labute approximate surface area is 138 Å². The van der Waals surface area contributed by atoms with Gasteiger partial charge in [0.25, 0.3) is 0 Å². The van der Waals surface area contributed by atoms with Crippen molar-refractivity contribution in [1.29, 1.82) is 0 Å². The Morgan fingerprint density at radius 2 is 2.00 bits per heavy atom. The van der Waals surface area contributed by atoms with E-state index in [-0.39, 0.29) is 16.7 Å². The van der Waals surface area contributed by atoms with Crippen molar-refractivity contribution in [3.8, 4) is 5.75 Å². The van der Waals surface area contributed by atoms with Crippen molar-refractivity contribution < 1.29 is 9.53 Å². The summed E-state index contributed by atoms with van der Waals surface area (Å²) in [6.45, 7) is 6.98. The van der Waals surface area contributed by atoms with Gasteiger partial charge in [0.15, 0.2) is 0 Å². The predicted octanol–water partition coefficient (Wildman–Crippen LogP) is 3.56. The maximum absolute atomic E-state index is 12.1. The topological polar surface area (TPSA) is 50.7 Å². The molecule has 4 nitrogen and oxygen atoms in total. The Kier molecular flexibility index (Phi) is 3.95. The maximum atomic E-state index is 12.1. The van der Waals surface area contributed by atoms with Crippen LogP contribution in [0, 0.1) is 16.7 Å². The van der Waals surface area contributed by atoms with E-state index in [0.717, 1.165) is 17.7 Å². The number of amides is 1. The van der Waals surface area contributed by atoms with Crippen LogP contribution in [0.4, 0.5) is 0 Å². The summed E-state index contributed by atoms with van der Waals surface area (Å²) < 4.78 is 5.13. The van der Waals surface area contributed by atoms with E-state index in [1.54, 1.807) is 7.11 Å². The van der Waals surface area contributed by atoms with Gasteiger partial charge in [0, 0.05) is 11.1 Å². The normalized spacial score (nSPS) is 29.7. The lowest BCUT2D eigenvalue weighted by atomic mass is 9.70. The van der Waals surface area contributed by atoms with Gasteiger partial charge in [0.05, 0.1) is 13.5 Å². The largest absolute Gasteiger partial charge is 0.497 e. The summed E-state index contributed by atoms with van der Waals surface area (Å²) in [5, 5.41) is 4.50. The van der Waals surface area contributed by atoms with E-state index in [1.807, 2.05) is 24.3 Å². The van der Waals surface area contributed by atoms with Gasteiger partial charge >= 0.3 is 0 Å². The molecule has 0 heterocycles. The Bertz CT molecular complexity index is 633. The zero-order chi connectivity index (χ0) is 16.7. The van der Waals surface area contributed by atoms with E-state index in [0.29, 0.717) is 12.3 Å². The van der Waals surface area contributed by atoms with Crippen LogP contribution in [-0.4, -0.2) is 18.7 Å². The van der Waals surface area contributed by atoms with Gasteiger partial charge in [-0.1, -0.05) is 32.9 Å². The Hall–Kier alpha value is -1.84. The molecule has 23 heavy (non-hydrogen) atoms. The van der Waals surface area contributed by atoms with E-state index in [9.17, 15) is 4.79 Å². The molecule has 2 atom stereocenters. The molecule has 1 amide bonds. The molecule has 1 aromatic rings. The van der Waals surface area contributed by atoms with Crippen molar-refractivity contribution in [3.05, 3.63) is 29.8 Å². The number of benzene rings is 1. The average molecular weight is 314 g/mol. The molecule has 1 N–H and O–H groups in total.